The molecule has 23 heavy (non-hydrogen) atoms. The minimum atomic E-state index is -0.349. The van der Waals surface area contributed by atoms with Crippen molar-refractivity contribution in [2.24, 2.45) is 0 Å². The molecule has 1 amide bonds. The molecule has 0 aliphatic rings. The molecule has 1 heterocycles. The van der Waals surface area contributed by atoms with E-state index in [0.29, 0.717) is 24.0 Å². The Labute approximate surface area is 139 Å². The average Bonchev–Trinajstić information content (AvgIpc) is 2.89. The number of aromatic nitrogens is 3. The maximum absolute atomic E-state index is 12.3. The predicted octanol–water partition coefficient (Wildman–Crippen LogP) is 2.07. The van der Waals surface area contributed by atoms with Crippen molar-refractivity contribution in [1.29, 1.82) is 0 Å². The fraction of sp³-hybridized carbons (Fsp3) is 0.400. The molecule has 0 fully saturated rings. The van der Waals surface area contributed by atoms with Crippen molar-refractivity contribution >= 4 is 23.4 Å². The zero-order chi connectivity index (χ0) is 16.8. The van der Waals surface area contributed by atoms with Crippen LogP contribution in [0.15, 0.2) is 29.4 Å². The maximum Gasteiger partial charge on any atom is 0.237 e. The van der Waals surface area contributed by atoms with Gasteiger partial charge in [-0.3, -0.25) is 4.79 Å². The van der Waals surface area contributed by atoms with Crippen molar-refractivity contribution in [1.82, 2.24) is 14.9 Å². The topological polar surface area (TPSA) is 95.1 Å². The van der Waals surface area contributed by atoms with Crippen LogP contribution < -0.4 is 15.9 Å². The third-order valence-electron chi connectivity index (χ3n) is 3.14. The fourth-order valence-electron chi connectivity index (χ4n) is 1.89. The summed E-state index contributed by atoms with van der Waals surface area (Å²) in [6, 6.07) is 7.25. The van der Waals surface area contributed by atoms with E-state index in [1.54, 1.807) is 19.1 Å². The van der Waals surface area contributed by atoms with Crippen LogP contribution in [0.5, 0.6) is 5.75 Å². The first-order valence-corrected chi connectivity index (χ1v) is 8.32. The lowest BCUT2D eigenvalue weighted by Crippen LogP contribution is -2.23. The van der Waals surface area contributed by atoms with Crippen molar-refractivity contribution in [2.75, 3.05) is 17.8 Å². The number of nitrogens with one attached hydrogen (secondary N) is 1. The molecule has 0 unspecified atom stereocenters. The van der Waals surface area contributed by atoms with Gasteiger partial charge in [0.1, 0.15) is 5.75 Å². The standard InChI is InChI=1S/C15H21N5O2S/c1-4-13-18-19-15(20(13)16)23-10(3)14(21)17-11-6-8-12(9-7-11)22-5-2/h6-10H,4-5,16H2,1-3H3,(H,17,21)/t10-/m1/s1. The van der Waals surface area contributed by atoms with Gasteiger partial charge in [-0.1, -0.05) is 18.7 Å². The predicted molar refractivity (Wildman–Crippen MR) is 91.1 cm³/mol. The number of ether oxygens (including phenoxy) is 1. The quantitative estimate of drug-likeness (QED) is 0.594. The van der Waals surface area contributed by atoms with E-state index in [0.717, 1.165) is 11.4 Å². The molecular weight excluding hydrogens is 314 g/mol. The number of thioether (sulfide) groups is 1. The van der Waals surface area contributed by atoms with Gasteiger partial charge in [-0.25, -0.2) is 4.68 Å². The van der Waals surface area contributed by atoms with Gasteiger partial charge in [0.25, 0.3) is 0 Å². The van der Waals surface area contributed by atoms with Gasteiger partial charge >= 0.3 is 0 Å². The SMILES string of the molecule is CCOc1ccc(NC(=O)[C@@H](C)Sc2nnc(CC)n2N)cc1. The summed E-state index contributed by atoms with van der Waals surface area (Å²) in [5.74, 6) is 7.22. The zero-order valence-corrected chi connectivity index (χ0v) is 14.3. The van der Waals surface area contributed by atoms with Crippen molar-refractivity contribution in [2.45, 2.75) is 37.6 Å². The summed E-state index contributed by atoms with van der Waals surface area (Å²) < 4.78 is 6.79. The molecule has 7 nitrogen and oxygen atoms in total. The third-order valence-corrected chi connectivity index (χ3v) is 4.19. The van der Waals surface area contributed by atoms with Gasteiger partial charge in [-0.15, -0.1) is 10.2 Å². The Kier molecular flexibility index (Phi) is 5.86. The summed E-state index contributed by atoms with van der Waals surface area (Å²) in [6.07, 6.45) is 0.691. The Bertz CT molecular complexity index is 656. The molecule has 0 saturated heterocycles. The van der Waals surface area contributed by atoms with Crippen LogP contribution >= 0.6 is 11.8 Å². The minimum Gasteiger partial charge on any atom is -0.494 e. The van der Waals surface area contributed by atoms with Crippen LogP contribution in [0, 0.1) is 0 Å². The van der Waals surface area contributed by atoms with Crippen molar-refractivity contribution < 1.29 is 9.53 Å². The second-order valence-electron chi connectivity index (χ2n) is 4.83. The Morgan fingerprint density at radius 2 is 2.04 bits per heavy atom. The van der Waals surface area contributed by atoms with Crippen LogP contribution in [0.3, 0.4) is 0 Å². The number of carbonyl (C=O) groups is 1. The summed E-state index contributed by atoms with van der Waals surface area (Å²) in [6.45, 7) is 6.28. The maximum atomic E-state index is 12.3. The third kappa shape index (κ3) is 4.38. The molecule has 0 radical (unpaired) electrons. The van der Waals surface area contributed by atoms with Crippen LogP contribution in [0.1, 0.15) is 26.6 Å². The summed E-state index contributed by atoms with van der Waals surface area (Å²) >= 11 is 1.27. The molecule has 8 heteroatoms. The molecule has 2 aromatic rings. The van der Waals surface area contributed by atoms with Gasteiger partial charge in [-0.2, -0.15) is 0 Å². The highest BCUT2D eigenvalue weighted by molar-refractivity contribution is 8.00. The number of nitrogen functional groups attached to an aromatic ring is 1. The zero-order valence-electron chi connectivity index (χ0n) is 13.4. The number of hydrogen-bond acceptors (Lipinski definition) is 6. The van der Waals surface area contributed by atoms with Crippen molar-refractivity contribution in [3.63, 3.8) is 0 Å². The van der Waals surface area contributed by atoms with Gasteiger partial charge in [0.15, 0.2) is 5.82 Å². The monoisotopic (exact) mass is 335 g/mol. The number of anilines is 1. The van der Waals surface area contributed by atoms with E-state index in [4.69, 9.17) is 10.6 Å². The van der Waals surface area contributed by atoms with E-state index in [2.05, 4.69) is 15.5 Å². The van der Waals surface area contributed by atoms with Gasteiger partial charge in [0.05, 0.1) is 11.9 Å². The lowest BCUT2D eigenvalue weighted by molar-refractivity contribution is -0.115. The summed E-state index contributed by atoms with van der Waals surface area (Å²) in [5, 5.41) is 11.0. The molecule has 0 saturated carbocycles. The first kappa shape index (κ1) is 17.1. The molecule has 2 rings (SSSR count). The van der Waals surface area contributed by atoms with E-state index in [9.17, 15) is 4.79 Å². The second kappa shape index (κ2) is 7.87. The lowest BCUT2D eigenvalue weighted by Gasteiger charge is -2.12. The average molecular weight is 335 g/mol. The number of carbonyl (C=O) groups excluding carboxylic acids is 1. The van der Waals surface area contributed by atoms with Crippen molar-refractivity contribution in [3.8, 4) is 5.75 Å². The normalized spacial score (nSPS) is 12.0. The van der Waals surface area contributed by atoms with Crippen LogP contribution in [0.25, 0.3) is 0 Å². The Hall–Kier alpha value is -2.22. The largest absolute Gasteiger partial charge is 0.494 e. The molecule has 1 aromatic heterocycles. The molecule has 3 N–H and O–H groups in total. The van der Waals surface area contributed by atoms with Crippen LogP contribution in [0.2, 0.25) is 0 Å². The number of nitrogens with zero attached hydrogens (tertiary/aromatic N) is 3. The Morgan fingerprint density at radius 1 is 1.35 bits per heavy atom. The highest BCUT2D eigenvalue weighted by Crippen LogP contribution is 2.22. The lowest BCUT2D eigenvalue weighted by atomic mass is 10.3. The van der Waals surface area contributed by atoms with Crippen LogP contribution in [-0.2, 0) is 11.2 Å². The molecule has 124 valence electrons. The van der Waals surface area contributed by atoms with E-state index in [1.165, 1.54) is 16.4 Å². The minimum absolute atomic E-state index is 0.125. The fourth-order valence-corrected chi connectivity index (χ4v) is 2.67. The number of aryl methyl sites for hydroxylation is 1. The Morgan fingerprint density at radius 3 is 2.61 bits per heavy atom. The summed E-state index contributed by atoms with van der Waals surface area (Å²) in [4.78, 5) is 12.3. The first-order valence-electron chi connectivity index (χ1n) is 7.44. The first-order chi connectivity index (χ1) is 11.0. The van der Waals surface area contributed by atoms with Gasteiger partial charge in [0, 0.05) is 12.1 Å². The van der Waals surface area contributed by atoms with E-state index < -0.39 is 0 Å². The highest BCUT2D eigenvalue weighted by Gasteiger charge is 2.19. The van der Waals surface area contributed by atoms with Gasteiger partial charge in [0.2, 0.25) is 11.1 Å². The van der Waals surface area contributed by atoms with Gasteiger partial charge in [-0.05, 0) is 38.1 Å². The van der Waals surface area contributed by atoms with E-state index >= 15 is 0 Å². The molecule has 0 aliphatic heterocycles. The molecule has 1 atom stereocenters. The smallest absolute Gasteiger partial charge is 0.237 e. The van der Waals surface area contributed by atoms with Crippen LogP contribution in [-0.4, -0.2) is 32.6 Å². The summed E-state index contributed by atoms with van der Waals surface area (Å²) in [7, 11) is 0. The van der Waals surface area contributed by atoms with Crippen LogP contribution in [0.4, 0.5) is 5.69 Å². The number of benzene rings is 1. The molecule has 0 aliphatic carbocycles. The van der Waals surface area contributed by atoms with Crippen molar-refractivity contribution in [3.05, 3.63) is 30.1 Å². The molecular formula is C15H21N5O2S. The second-order valence-corrected chi connectivity index (χ2v) is 6.14. The molecule has 0 bridgehead atoms. The highest BCUT2D eigenvalue weighted by atomic mass is 32.2. The number of nitrogens with two attached hydrogens (primary N) is 1. The Balaban J connectivity index is 1.95. The van der Waals surface area contributed by atoms with E-state index in [-0.39, 0.29) is 11.2 Å². The number of rotatable bonds is 7. The number of amides is 1. The molecule has 1 aromatic carbocycles. The molecule has 0 spiro atoms. The van der Waals surface area contributed by atoms with E-state index in [1.807, 2.05) is 26.0 Å². The van der Waals surface area contributed by atoms with Gasteiger partial charge < -0.3 is 15.9 Å². The summed E-state index contributed by atoms with van der Waals surface area (Å²) in [5.41, 5.74) is 0.717. The number of hydrogen-bond donors (Lipinski definition) is 2.